The van der Waals surface area contributed by atoms with Crippen molar-refractivity contribution in [3.05, 3.63) is 88.2 Å². The number of nitrogens with zero attached hydrogens (tertiary/aromatic N) is 5. The number of amides is 3. The van der Waals surface area contributed by atoms with Crippen LogP contribution in [0.2, 0.25) is 0 Å². The van der Waals surface area contributed by atoms with E-state index in [0.29, 0.717) is 37.2 Å². The topological polar surface area (TPSA) is 61.7 Å². The van der Waals surface area contributed by atoms with Crippen LogP contribution in [0.15, 0.2) is 54.7 Å². The van der Waals surface area contributed by atoms with Crippen LogP contribution in [0.1, 0.15) is 65.4 Å². The van der Waals surface area contributed by atoms with Gasteiger partial charge >= 0.3 is 18.4 Å². The molecule has 2 aliphatic heterocycles. The molecule has 0 spiro atoms. The Morgan fingerprint density at radius 1 is 1.02 bits per heavy atom. The normalized spacial score (nSPS) is 19.9. The second-order valence-electron chi connectivity index (χ2n) is 11.1. The number of halogens is 6. The predicted octanol–water partition coefficient (Wildman–Crippen LogP) is 6.44. The van der Waals surface area contributed by atoms with Crippen LogP contribution < -0.4 is 0 Å². The summed E-state index contributed by atoms with van der Waals surface area (Å²) in [5.41, 5.74) is -0.781. The van der Waals surface area contributed by atoms with Crippen molar-refractivity contribution in [3.63, 3.8) is 0 Å². The Hall–Kier alpha value is -4.03. The molecule has 3 amide bonds. The van der Waals surface area contributed by atoms with Gasteiger partial charge in [0.05, 0.1) is 41.5 Å². The third-order valence-corrected chi connectivity index (χ3v) is 8.37. The fraction of sp³-hybridized carbons (Fsp3) is 0.433. The van der Waals surface area contributed by atoms with E-state index in [1.807, 2.05) is 43.5 Å². The van der Waals surface area contributed by atoms with Crippen molar-refractivity contribution in [1.82, 2.24) is 24.5 Å². The van der Waals surface area contributed by atoms with E-state index < -0.39 is 41.6 Å². The third-order valence-electron chi connectivity index (χ3n) is 8.37. The van der Waals surface area contributed by atoms with E-state index in [1.54, 1.807) is 14.5 Å². The molecule has 2 saturated heterocycles. The largest absolute Gasteiger partial charge is 0.416 e. The summed E-state index contributed by atoms with van der Waals surface area (Å²) in [6.45, 7) is 4.09. The highest BCUT2D eigenvalue weighted by atomic mass is 19.4. The number of aryl methyl sites for hydroxylation is 1. The van der Waals surface area contributed by atoms with E-state index in [0.717, 1.165) is 16.0 Å². The zero-order valence-corrected chi connectivity index (χ0v) is 23.8. The highest BCUT2D eigenvalue weighted by molar-refractivity contribution is 5.81. The van der Waals surface area contributed by atoms with Gasteiger partial charge in [0, 0.05) is 38.3 Å². The zero-order valence-electron chi connectivity index (χ0n) is 23.8. The van der Waals surface area contributed by atoms with Crippen molar-refractivity contribution < 1.29 is 35.9 Å². The maximum Gasteiger partial charge on any atom is 0.416 e. The Bertz CT molecular complexity index is 1470. The van der Waals surface area contributed by atoms with Crippen molar-refractivity contribution >= 4 is 11.9 Å². The molecular weight excluding hydrogens is 576 g/mol. The molecule has 0 aliphatic carbocycles. The molecule has 0 radical (unpaired) electrons. The highest BCUT2D eigenvalue weighted by Crippen LogP contribution is 2.41. The van der Waals surface area contributed by atoms with Gasteiger partial charge < -0.3 is 14.7 Å². The molecule has 1 aromatic heterocycles. The lowest BCUT2D eigenvalue weighted by Crippen LogP contribution is -2.57. The maximum absolute atomic E-state index is 14.0. The molecule has 43 heavy (non-hydrogen) atoms. The minimum absolute atomic E-state index is 0.0261. The molecule has 2 aliphatic rings. The van der Waals surface area contributed by atoms with Gasteiger partial charge in [-0.1, -0.05) is 30.3 Å². The van der Waals surface area contributed by atoms with E-state index >= 15 is 0 Å². The minimum Gasteiger partial charge on any atom is -0.335 e. The minimum atomic E-state index is -5.01. The number of aromatic nitrogens is 2. The monoisotopic (exact) mass is 607 g/mol. The fourth-order valence-corrected chi connectivity index (χ4v) is 6.01. The molecule has 5 rings (SSSR count). The van der Waals surface area contributed by atoms with Crippen LogP contribution in [-0.2, 0) is 23.7 Å². The van der Waals surface area contributed by atoms with Gasteiger partial charge in [-0.05, 0) is 49.6 Å². The van der Waals surface area contributed by atoms with E-state index in [1.165, 1.54) is 14.0 Å². The molecule has 3 aromatic rings. The number of alkyl halides is 6. The van der Waals surface area contributed by atoms with Gasteiger partial charge in [-0.15, -0.1) is 0 Å². The smallest absolute Gasteiger partial charge is 0.335 e. The molecule has 0 N–H and O–H groups in total. The molecular formula is C30H31F6N5O2. The summed E-state index contributed by atoms with van der Waals surface area (Å²) in [5, 5.41) is 4.65. The van der Waals surface area contributed by atoms with Crippen molar-refractivity contribution in [2.45, 2.75) is 63.7 Å². The second kappa shape index (κ2) is 11.2. The lowest BCUT2D eigenvalue weighted by molar-refractivity contribution is -0.143. The maximum atomic E-state index is 14.0. The number of piperazine rings is 1. The Morgan fingerprint density at radius 3 is 2.26 bits per heavy atom. The van der Waals surface area contributed by atoms with E-state index in [9.17, 15) is 35.9 Å². The SMILES string of the molecule is Cc1nn(Cc2ccccc2)cc1[C@H]1[C@@H]2CCC(=O)N2CCN1C(=O)N(C)[C@H](C)c1cc(C(F)(F)F)cc(C(F)(F)F)c1. The predicted molar refractivity (Wildman–Crippen MR) is 145 cm³/mol. The molecule has 230 valence electrons. The van der Waals surface area contributed by atoms with Crippen LogP contribution in [0.25, 0.3) is 0 Å². The Morgan fingerprint density at radius 2 is 1.65 bits per heavy atom. The first kappa shape index (κ1) is 30.4. The average molecular weight is 608 g/mol. The van der Waals surface area contributed by atoms with Crippen molar-refractivity contribution in [3.8, 4) is 0 Å². The van der Waals surface area contributed by atoms with Gasteiger partial charge in [0.25, 0.3) is 0 Å². The number of hydrogen-bond acceptors (Lipinski definition) is 3. The van der Waals surface area contributed by atoms with Crippen LogP contribution in [-0.4, -0.2) is 62.6 Å². The molecule has 7 nitrogen and oxygen atoms in total. The first-order valence-electron chi connectivity index (χ1n) is 13.9. The van der Waals surface area contributed by atoms with Gasteiger partial charge in [0.1, 0.15) is 0 Å². The summed E-state index contributed by atoms with van der Waals surface area (Å²) in [5.74, 6) is -0.0261. The van der Waals surface area contributed by atoms with Gasteiger partial charge in [0.2, 0.25) is 5.91 Å². The molecule has 3 atom stereocenters. The summed E-state index contributed by atoms with van der Waals surface area (Å²) in [6.07, 6.45) is -7.36. The second-order valence-corrected chi connectivity index (χ2v) is 11.1. The van der Waals surface area contributed by atoms with Crippen LogP contribution in [0.3, 0.4) is 0 Å². The molecule has 0 unspecified atom stereocenters. The fourth-order valence-electron chi connectivity index (χ4n) is 6.01. The number of urea groups is 1. The average Bonchev–Trinajstić information content (AvgIpc) is 3.52. The molecule has 2 fully saturated rings. The number of hydrogen-bond donors (Lipinski definition) is 0. The highest BCUT2D eigenvalue weighted by Gasteiger charge is 2.47. The van der Waals surface area contributed by atoms with Crippen LogP contribution in [0.5, 0.6) is 0 Å². The number of rotatable bonds is 5. The number of fused-ring (bicyclic) bond motifs is 1. The Labute approximate surface area is 244 Å². The lowest BCUT2D eigenvalue weighted by atomic mass is 9.94. The standard InChI is InChI=1S/C30H31F6N5O2/c1-18-24(17-39(37-18)16-20-7-5-4-6-8-20)27-25-9-10-26(42)40(25)11-12-41(27)28(43)38(3)19(2)21-13-22(29(31,32)33)15-23(14-21)30(34,35)36/h4-8,13-15,17,19,25,27H,9-12,16H2,1-3H3/t19-,25+,27+/m1/s1. The van der Waals surface area contributed by atoms with Crippen LogP contribution in [0, 0.1) is 6.92 Å². The zero-order chi connectivity index (χ0) is 31.3. The summed E-state index contributed by atoms with van der Waals surface area (Å²) >= 11 is 0. The lowest BCUT2D eigenvalue weighted by Gasteiger charge is -2.46. The number of benzene rings is 2. The quantitative estimate of drug-likeness (QED) is 0.314. The van der Waals surface area contributed by atoms with Gasteiger partial charge in [0.15, 0.2) is 0 Å². The number of carbonyl (C=O) groups is 2. The van der Waals surface area contributed by atoms with Crippen LogP contribution >= 0.6 is 0 Å². The summed E-state index contributed by atoms with van der Waals surface area (Å²) in [6, 6.07) is 8.37. The van der Waals surface area contributed by atoms with E-state index in [-0.39, 0.29) is 36.7 Å². The molecule has 2 aromatic carbocycles. The Kier molecular flexibility index (Phi) is 7.95. The van der Waals surface area contributed by atoms with E-state index in [4.69, 9.17) is 0 Å². The van der Waals surface area contributed by atoms with Crippen LogP contribution in [0.4, 0.5) is 31.1 Å². The van der Waals surface area contributed by atoms with Crippen molar-refractivity contribution in [2.24, 2.45) is 0 Å². The van der Waals surface area contributed by atoms with E-state index in [2.05, 4.69) is 5.10 Å². The summed E-state index contributed by atoms with van der Waals surface area (Å²) in [4.78, 5) is 31.1. The molecule has 3 heterocycles. The van der Waals surface area contributed by atoms with Gasteiger partial charge in [-0.25, -0.2) is 4.79 Å². The summed E-state index contributed by atoms with van der Waals surface area (Å²) in [7, 11) is 1.36. The Balaban J connectivity index is 1.48. The molecule has 0 bridgehead atoms. The first-order chi connectivity index (χ1) is 20.1. The molecule has 13 heteroatoms. The van der Waals surface area contributed by atoms with Crippen molar-refractivity contribution in [2.75, 3.05) is 20.1 Å². The van der Waals surface area contributed by atoms with Gasteiger partial charge in [-0.3, -0.25) is 9.48 Å². The molecule has 0 saturated carbocycles. The summed E-state index contributed by atoms with van der Waals surface area (Å²) < 4.78 is 82.9. The number of carbonyl (C=O) groups excluding carboxylic acids is 2. The van der Waals surface area contributed by atoms with Crippen molar-refractivity contribution in [1.29, 1.82) is 0 Å². The van der Waals surface area contributed by atoms with Gasteiger partial charge in [-0.2, -0.15) is 31.4 Å². The first-order valence-corrected chi connectivity index (χ1v) is 13.9. The third kappa shape index (κ3) is 6.07.